The van der Waals surface area contributed by atoms with Crippen LogP contribution in [0.3, 0.4) is 0 Å². The van der Waals surface area contributed by atoms with E-state index < -0.39 is 17.7 Å². The predicted molar refractivity (Wildman–Crippen MR) is 74.2 cm³/mol. The fourth-order valence-corrected chi connectivity index (χ4v) is 3.17. The minimum Gasteiger partial charge on any atom is -0.320 e. The maximum Gasteiger partial charge on any atom is 0.126 e. The number of benzene rings is 2. The smallest absolute Gasteiger partial charge is 0.126 e. The van der Waals surface area contributed by atoms with Crippen molar-refractivity contribution in [2.75, 3.05) is 0 Å². The van der Waals surface area contributed by atoms with Gasteiger partial charge in [-0.1, -0.05) is 18.2 Å². The second kappa shape index (κ2) is 4.72. The topological polar surface area (TPSA) is 26.0 Å². The summed E-state index contributed by atoms with van der Waals surface area (Å²) >= 11 is 1.58. The lowest BCUT2D eigenvalue weighted by atomic mass is 9.99. The summed E-state index contributed by atoms with van der Waals surface area (Å²) in [6, 6.07) is 10.7. The van der Waals surface area contributed by atoms with Crippen molar-refractivity contribution in [2.24, 2.45) is 5.73 Å². The molecule has 0 radical (unpaired) electrons. The maximum atomic E-state index is 13.3. The summed E-state index contributed by atoms with van der Waals surface area (Å²) in [6.45, 7) is 0. The summed E-state index contributed by atoms with van der Waals surface area (Å²) in [7, 11) is 0. The average molecular weight is 275 g/mol. The molecule has 0 bridgehead atoms. The molecule has 96 valence electrons. The summed E-state index contributed by atoms with van der Waals surface area (Å²) in [4.78, 5) is 0. The van der Waals surface area contributed by atoms with Crippen molar-refractivity contribution >= 4 is 21.4 Å². The highest BCUT2D eigenvalue weighted by Gasteiger charge is 2.15. The molecule has 0 aliphatic heterocycles. The van der Waals surface area contributed by atoms with Gasteiger partial charge in [-0.2, -0.15) is 0 Å². The Kier molecular flexibility index (Phi) is 3.05. The molecule has 0 spiro atoms. The van der Waals surface area contributed by atoms with Gasteiger partial charge in [-0.05, 0) is 40.1 Å². The van der Waals surface area contributed by atoms with Crippen molar-refractivity contribution < 1.29 is 8.78 Å². The van der Waals surface area contributed by atoms with E-state index in [0.717, 1.165) is 21.7 Å². The molecule has 1 heterocycles. The van der Waals surface area contributed by atoms with Gasteiger partial charge in [0.25, 0.3) is 0 Å². The van der Waals surface area contributed by atoms with Crippen LogP contribution in [0.15, 0.2) is 47.8 Å². The molecule has 4 heteroatoms. The molecular formula is C15H11F2NS. The number of hydrogen-bond donors (Lipinski definition) is 1. The minimum absolute atomic E-state index is 0.445. The van der Waals surface area contributed by atoms with Crippen molar-refractivity contribution in [3.05, 3.63) is 70.6 Å². The van der Waals surface area contributed by atoms with Gasteiger partial charge < -0.3 is 5.73 Å². The van der Waals surface area contributed by atoms with E-state index in [4.69, 9.17) is 5.73 Å². The first-order chi connectivity index (χ1) is 9.15. The Hall–Kier alpha value is -1.78. The van der Waals surface area contributed by atoms with Gasteiger partial charge in [0.1, 0.15) is 11.6 Å². The lowest BCUT2D eigenvalue weighted by molar-refractivity contribution is 0.577. The molecule has 1 nitrogen and oxygen atoms in total. The monoisotopic (exact) mass is 275 g/mol. The van der Waals surface area contributed by atoms with Gasteiger partial charge in [-0.15, -0.1) is 11.3 Å². The van der Waals surface area contributed by atoms with Crippen LogP contribution in [0, 0.1) is 11.6 Å². The number of rotatable bonds is 2. The van der Waals surface area contributed by atoms with Crippen LogP contribution in [0.1, 0.15) is 17.2 Å². The number of thiophene rings is 1. The van der Waals surface area contributed by atoms with E-state index in [2.05, 4.69) is 0 Å². The van der Waals surface area contributed by atoms with Gasteiger partial charge in [-0.3, -0.25) is 0 Å². The van der Waals surface area contributed by atoms with Crippen LogP contribution in [0.5, 0.6) is 0 Å². The molecule has 1 aromatic heterocycles. The summed E-state index contributed by atoms with van der Waals surface area (Å²) in [6.07, 6.45) is 0. The summed E-state index contributed by atoms with van der Waals surface area (Å²) < 4.78 is 27.6. The van der Waals surface area contributed by atoms with E-state index in [1.165, 1.54) is 12.1 Å². The highest BCUT2D eigenvalue weighted by molar-refractivity contribution is 7.17. The number of halogens is 2. The maximum absolute atomic E-state index is 13.3. The molecular weight excluding hydrogens is 264 g/mol. The largest absolute Gasteiger partial charge is 0.320 e. The molecule has 0 aliphatic rings. The van der Waals surface area contributed by atoms with Crippen molar-refractivity contribution in [2.45, 2.75) is 6.04 Å². The van der Waals surface area contributed by atoms with Crippen molar-refractivity contribution in [1.29, 1.82) is 0 Å². The average Bonchev–Trinajstić information content (AvgIpc) is 2.80. The zero-order valence-electron chi connectivity index (χ0n) is 9.94. The number of hydrogen-bond acceptors (Lipinski definition) is 2. The van der Waals surface area contributed by atoms with Gasteiger partial charge in [0.2, 0.25) is 0 Å². The second-order valence-electron chi connectivity index (χ2n) is 4.37. The van der Waals surface area contributed by atoms with Crippen LogP contribution in [-0.2, 0) is 0 Å². The molecule has 19 heavy (non-hydrogen) atoms. The Morgan fingerprint density at radius 1 is 1.00 bits per heavy atom. The summed E-state index contributed by atoms with van der Waals surface area (Å²) in [5, 5.41) is 2.97. The number of nitrogens with two attached hydrogens (primary N) is 1. The van der Waals surface area contributed by atoms with E-state index in [1.807, 2.05) is 29.6 Å². The normalized spacial score (nSPS) is 12.8. The third-order valence-corrected chi connectivity index (χ3v) is 4.07. The van der Waals surface area contributed by atoms with Crippen LogP contribution in [0.4, 0.5) is 8.78 Å². The highest BCUT2D eigenvalue weighted by atomic mass is 32.1. The SMILES string of the molecule is NC(c1cc(F)cc(F)c1)c1csc2ccccc12. The van der Waals surface area contributed by atoms with Crippen LogP contribution in [0.2, 0.25) is 0 Å². The first-order valence-corrected chi connectivity index (χ1v) is 6.71. The van der Waals surface area contributed by atoms with Crippen LogP contribution < -0.4 is 5.73 Å². The number of fused-ring (bicyclic) bond motifs is 1. The molecule has 1 atom stereocenters. The Labute approximate surface area is 113 Å². The van der Waals surface area contributed by atoms with Crippen molar-refractivity contribution in [3.8, 4) is 0 Å². The van der Waals surface area contributed by atoms with Gasteiger partial charge in [0.05, 0.1) is 6.04 Å². The zero-order valence-corrected chi connectivity index (χ0v) is 10.8. The molecule has 2 aromatic carbocycles. The van der Waals surface area contributed by atoms with Crippen LogP contribution in [0.25, 0.3) is 10.1 Å². The molecule has 2 N–H and O–H groups in total. The lowest BCUT2D eigenvalue weighted by Gasteiger charge is -2.12. The molecule has 3 rings (SSSR count). The van der Waals surface area contributed by atoms with Gasteiger partial charge in [-0.25, -0.2) is 8.78 Å². The van der Waals surface area contributed by atoms with Crippen LogP contribution in [-0.4, -0.2) is 0 Å². The minimum atomic E-state index is -0.606. The molecule has 1 unspecified atom stereocenters. The Morgan fingerprint density at radius 2 is 1.68 bits per heavy atom. The standard InChI is InChI=1S/C15H11F2NS/c16-10-5-9(6-11(17)7-10)15(18)13-8-19-14-4-2-1-3-12(13)14/h1-8,15H,18H2. The van der Waals surface area contributed by atoms with Gasteiger partial charge in [0, 0.05) is 10.8 Å². The van der Waals surface area contributed by atoms with Gasteiger partial charge in [0.15, 0.2) is 0 Å². The molecule has 0 fully saturated rings. The third kappa shape index (κ3) is 2.25. The van der Waals surface area contributed by atoms with Crippen LogP contribution >= 0.6 is 11.3 Å². The quantitative estimate of drug-likeness (QED) is 0.744. The highest BCUT2D eigenvalue weighted by Crippen LogP contribution is 2.32. The van der Waals surface area contributed by atoms with E-state index in [-0.39, 0.29) is 0 Å². The molecule has 0 aliphatic carbocycles. The fourth-order valence-electron chi connectivity index (χ4n) is 2.17. The second-order valence-corrected chi connectivity index (χ2v) is 5.28. The molecule has 3 aromatic rings. The Morgan fingerprint density at radius 3 is 2.42 bits per heavy atom. The van der Waals surface area contributed by atoms with E-state index >= 15 is 0 Å². The molecule has 0 saturated heterocycles. The first kappa shape index (κ1) is 12.3. The lowest BCUT2D eigenvalue weighted by Crippen LogP contribution is -2.11. The summed E-state index contributed by atoms with van der Waals surface area (Å²) in [5.41, 5.74) is 7.48. The Balaban J connectivity index is 2.10. The van der Waals surface area contributed by atoms with Gasteiger partial charge >= 0.3 is 0 Å². The van der Waals surface area contributed by atoms with E-state index in [1.54, 1.807) is 11.3 Å². The molecule has 0 amide bonds. The third-order valence-electron chi connectivity index (χ3n) is 3.09. The zero-order chi connectivity index (χ0) is 13.4. The summed E-state index contributed by atoms with van der Waals surface area (Å²) in [5.74, 6) is -1.21. The van der Waals surface area contributed by atoms with Crippen molar-refractivity contribution in [3.63, 3.8) is 0 Å². The molecule has 0 saturated carbocycles. The van der Waals surface area contributed by atoms with Crippen molar-refractivity contribution in [1.82, 2.24) is 0 Å². The van der Waals surface area contributed by atoms with E-state index in [9.17, 15) is 8.78 Å². The first-order valence-electron chi connectivity index (χ1n) is 5.83. The predicted octanol–water partition coefficient (Wildman–Crippen LogP) is 4.23. The van der Waals surface area contributed by atoms with E-state index in [0.29, 0.717) is 5.56 Å². The fraction of sp³-hybridized carbons (Fsp3) is 0.0667. The Bertz CT molecular complexity index is 716.